The van der Waals surface area contributed by atoms with Crippen LogP contribution in [0.15, 0.2) is 53.7 Å². The van der Waals surface area contributed by atoms with Gasteiger partial charge in [-0.3, -0.25) is 9.59 Å². The lowest BCUT2D eigenvalue weighted by Crippen LogP contribution is -2.38. The van der Waals surface area contributed by atoms with Crippen molar-refractivity contribution in [3.05, 3.63) is 70.4 Å². The lowest BCUT2D eigenvalue weighted by Gasteiger charge is -2.35. The number of allylic oxidation sites excluding steroid dienone is 2. The third-order valence-corrected chi connectivity index (χ3v) is 6.60. The minimum Gasteiger partial charge on any atom is -0.497 e. The van der Waals surface area contributed by atoms with Crippen LogP contribution < -0.4 is 14.8 Å². The summed E-state index contributed by atoms with van der Waals surface area (Å²) in [5.74, 6) is 1.07. The van der Waals surface area contributed by atoms with Crippen molar-refractivity contribution in [2.24, 2.45) is 0 Å². The molecular formula is C27H31NO4. The minimum absolute atomic E-state index is 0.0570. The zero-order chi connectivity index (χ0) is 23.0. The maximum absolute atomic E-state index is 13.4. The van der Waals surface area contributed by atoms with E-state index in [1.54, 1.807) is 14.2 Å². The third kappa shape index (κ3) is 4.16. The molecule has 5 heteroatoms. The van der Waals surface area contributed by atoms with E-state index in [9.17, 15) is 9.59 Å². The van der Waals surface area contributed by atoms with Gasteiger partial charge in [0.25, 0.3) is 0 Å². The van der Waals surface area contributed by atoms with Crippen LogP contribution in [0.2, 0.25) is 0 Å². The molecule has 1 aliphatic carbocycles. The van der Waals surface area contributed by atoms with Gasteiger partial charge >= 0.3 is 0 Å². The number of ketones is 1. The molecule has 4 rings (SSSR count). The molecule has 0 fully saturated rings. The van der Waals surface area contributed by atoms with Gasteiger partial charge in [-0.1, -0.05) is 45.0 Å². The topological polar surface area (TPSA) is 64.6 Å². The van der Waals surface area contributed by atoms with Crippen molar-refractivity contribution in [3.63, 3.8) is 0 Å². The third-order valence-electron chi connectivity index (χ3n) is 6.60. The first-order valence-corrected chi connectivity index (χ1v) is 11.1. The van der Waals surface area contributed by atoms with Gasteiger partial charge < -0.3 is 14.8 Å². The van der Waals surface area contributed by atoms with Gasteiger partial charge in [0.15, 0.2) is 5.78 Å². The number of ether oxygens (including phenoxy) is 2. The van der Waals surface area contributed by atoms with Crippen LogP contribution in [0.5, 0.6) is 11.5 Å². The van der Waals surface area contributed by atoms with E-state index in [-0.39, 0.29) is 35.4 Å². The molecule has 5 nitrogen and oxygen atoms in total. The Morgan fingerprint density at radius 3 is 2.25 bits per heavy atom. The van der Waals surface area contributed by atoms with Crippen LogP contribution in [0.25, 0.3) is 0 Å². The van der Waals surface area contributed by atoms with E-state index in [1.165, 1.54) is 5.56 Å². The summed E-state index contributed by atoms with van der Waals surface area (Å²) >= 11 is 0. The number of nitrogens with one attached hydrogen (secondary N) is 1. The van der Waals surface area contributed by atoms with E-state index < -0.39 is 0 Å². The number of hydrogen-bond acceptors (Lipinski definition) is 4. The Morgan fingerprint density at radius 2 is 1.62 bits per heavy atom. The largest absolute Gasteiger partial charge is 0.497 e. The van der Waals surface area contributed by atoms with Crippen molar-refractivity contribution in [2.75, 3.05) is 14.2 Å². The molecule has 0 aromatic heterocycles. The van der Waals surface area contributed by atoms with Gasteiger partial charge in [-0.05, 0) is 47.1 Å². The lowest BCUT2D eigenvalue weighted by molar-refractivity contribution is -0.122. The molecule has 0 spiro atoms. The summed E-state index contributed by atoms with van der Waals surface area (Å²) in [5.41, 5.74) is 4.75. The Morgan fingerprint density at radius 1 is 0.906 bits per heavy atom. The highest BCUT2D eigenvalue weighted by atomic mass is 16.5. The number of benzene rings is 2. The number of amides is 1. The molecule has 2 aliphatic rings. The van der Waals surface area contributed by atoms with Crippen LogP contribution in [0.1, 0.15) is 68.6 Å². The number of carbonyl (C=O) groups is 2. The maximum atomic E-state index is 13.4. The summed E-state index contributed by atoms with van der Waals surface area (Å²) in [6.07, 6.45) is 1.30. The van der Waals surface area contributed by atoms with Gasteiger partial charge in [-0.25, -0.2) is 0 Å². The van der Waals surface area contributed by atoms with Crippen LogP contribution in [0, 0.1) is 0 Å². The predicted octanol–water partition coefficient (Wildman–Crippen LogP) is 5.01. The van der Waals surface area contributed by atoms with E-state index in [1.807, 2.05) is 18.2 Å². The molecule has 168 valence electrons. The number of Topliss-reactive ketones (excluding diaryl/α,β-unsaturated/α-hetero) is 1. The monoisotopic (exact) mass is 433 g/mol. The summed E-state index contributed by atoms with van der Waals surface area (Å²) in [6.45, 7) is 6.56. The second-order valence-corrected chi connectivity index (χ2v) is 9.71. The molecular weight excluding hydrogens is 402 g/mol. The Balaban J connectivity index is 1.70. The molecule has 1 amide bonds. The highest BCUT2D eigenvalue weighted by Crippen LogP contribution is 2.45. The molecule has 2 aromatic carbocycles. The second kappa shape index (κ2) is 8.45. The fourth-order valence-electron chi connectivity index (χ4n) is 4.83. The average Bonchev–Trinajstić information content (AvgIpc) is 2.77. The van der Waals surface area contributed by atoms with Gasteiger partial charge in [0.1, 0.15) is 11.5 Å². The number of methoxy groups -OCH3 is 2. The van der Waals surface area contributed by atoms with Crippen LogP contribution in [0.4, 0.5) is 0 Å². The number of hydrogen-bond donors (Lipinski definition) is 1. The highest BCUT2D eigenvalue weighted by Gasteiger charge is 2.39. The van der Waals surface area contributed by atoms with Crippen molar-refractivity contribution < 1.29 is 19.1 Å². The Kier molecular flexibility index (Phi) is 5.85. The summed E-state index contributed by atoms with van der Waals surface area (Å²) in [4.78, 5) is 26.0. The zero-order valence-corrected chi connectivity index (χ0v) is 19.5. The van der Waals surface area contributed by atoms with E-state index in [4.69, 9.17) is 9.47 Å². The Hall–Kier alpha value is -3.08. The molecule has 1 heterocycles. The fraction of sp³-hybridized carbons (Fsp3) is 0.407. The molecule has 0 unspecified atom stereocenters. The standard InChI is InChI=1S/C27H31NO4/c1-27(2,3)18-8-6-16(7-9-18)17-12-22-26(23(29)13-17)21(15-25(30)28-22)20-14-19(31-4)10-11-24(20)32-5/h6-11,14,17,21H,12-13,15H2,1-5H3,(H,28,30)/t17-,21-/m1/s1. The quantitative estimate of drug-likeness (QED) is 0.737. The predicted molar refractivity (Wildman–Crippen MR) is 124 cm³/mol. The van der Waals surface area contributed by atoms with Gasteiger partial charge in [0.05, 0.1) is 14.2 Å². The summed E-state index contributed by atoms with van der Waals surface area (Å²) in [6, 6.07) is 14.1. The van der Waals surface area contributed by atoms with Gasteiger partial charge in [0.2, 0.25) is 5.91 Å². The van der Waals surface area contributed by atoms with Crippen molar-refractivity contribution in [1.82, 2.24) is 5.32 Å². The first kappa shape index (κ1) is 22.1. The van der Waals surface area contributed by atoms with Gasteiger partial charge in [-0.2, -0.15) is 0 Å². The second-order valence-electron chi connectivity index (χ2n) is 9.71. The van der Waals surface area contributed by atoms with Crippen molar-refractivity contribution >= 4 is 11.7 Å². The van der Waals surface area contributed by atoms with Gasteiger partial charge in [0, 0.05) is 35.6 Å². The molecule has 1 aliphatic heterocycles. The molecule has 0 saturated carbocycles. The molecule has 2 atom stereocenters. The summed E-state index contributed by atoms with van der Waals surface area (Å²) in [7, 11) is 3.20. The molecule has 2 aromatic rings. The smallest absolute Gasteiger partial charge is 0.225 e. The van der Waals surface area contributed by atoms with Crippen LogP contribution >= 0.6 is 0 Å². The normalized spacial score (nSPS) is 21.2. The van der Waals surface area contributed by atoms with Crippen LogP contribution in [-0.2, 0) is 15.0 Å². The van der Waals surface area contributed by atoms with E-state index in [0.29, 0.717) is 29.9 Å². The lowest BCUT2D eigenvalue weighted by atomic mass is 9.73. The van der Waals surface area contributed by atoms with E-state index >= 15 is 0 Å². The average molecular weight is 434 g/mol. The van der Waals surface area contributed by atoms with Crippen molar-refractivity contribution in [1.29, 1.82) is 0 Å². The summed E-state index contributed by atoms with van der Waals surface area (Å²) < 4.78 is 10.9. The van der Waals surface area contributed by atoms with Crippen LogP contribution in [0.3, 0.4) is 0 Å². The molecule has 0 saturated heterocycles. The summed E-state index contributed by atoms with van der Waals surface area (Å²) in [5, 5.41) is 3.00. The number of carbonyl (C=O) groups excluding carboxylic acids is 2. The van der Waals surface area contributed by atoms with Gasteiger partial charge in [-0.15, -0.1) is 0 Å². The van der Waals surface area contributed by atoms with E-state index in [0.717, 1.165) is 16.8 Å². The van der Waals surface area contributed by atoms with Crippen molar-refractivity contribution in [3.8, 4) is 11.5 Å². The Labute approximate surface area is 189 Å². The zero-order valence-electron chi connectivity index (χ0n) is 19.5. The van der Waals surface area contributed by atoms with Crippen LogP contribution in [-0.4, -0.2) is 25.9 Å². The highest BCUT2D eigenvalue weighted by molar-refractivity contribution is 6.02. The minimum atomic E-state index is -0.333. The van der Waals surface area contributed by atoms with Crippen molar-refractivity contribution in [2.45, 2.75) is 57.3 Å². The Bertz CT molecular complexity index is 1080. The fourth-order valence-corrected chi connectivity index (χ4v) is 4.83. The molecule has 0 radical (unpaired) electrons. The first-order valence-electron chi connectivity index (χ1n) is 11.1. The molecule has 1 N–H and O–H groups in total. The number of rotatable bonds is 4. The SMILES string of the molecule is COc1ccc(OC)c([C@H]2CC(=O)NC3=C2C(=O)C[C@H](c2ccc(C(C)(C)C)cc2)C3)c1. The molecule has 32 heavy (non-hydrogen) atoms. The first-order chi connectivity index (χ1) is 15.2. The van der Waals surface area contributed by atoms with E-state index in [2.05, 4.69) is 50.4 Å². The maximum Gasteiger partial charge on any atom is 0.225 e. The molecule has 0 bridgehead atoms.